The van der Waals surface area contributed by atoms with Crippen LogP contribution < -0.4 is 15.4 Å². The van der Waals surface area contributed by atoms with Gasteiger partial charge in [-0.1, -0.05) is 0 Å². The minimum Gasteiger partial charge on any atom is -0.434 e. The molecule has 8 heteroatoms. The Balaban J connectivity index is 1.87. The second-order valence-corrected chi connectivity index (χ2v) is 5.39. The number of hydrogen-bond acceptors (Lipinski definition) is 4. The van der Waals surface area contributed by atoms with Gasteiger partial charge in [0.2, 0.25) is 11.8 Å². The van der Waals surface area contributed by atoms with Crippen LogP contribution in [0.5, 0.6) is 5.75 Å². The Morgan fingerprint density at radius 2 is 2.21 bits per heavy atom. The molecule has 0 radical (unpaired) electrons. The summed E-state index contributed by atoms with van der Waals surface area (Å²) in [5.74, 6) is -0.542. The maximum Gasteiger partial charge on any atom is 0.387 e. The number of amides is 2. The van der Waals surface area contributed by atoms with Crippen LogP contribution in [0.2, 0.25) is 0 Å². The van der Waals surface area contributed by atoms with E-state index < -0.39 is 12.7 Å². The second kappa shape index (κ2) is 6.77. The Labute approximate surface area is 136 Å². The SMILES string of the molecule is O=C1CCC[C@H](C(=O)Nc2ccc(OC(F)F)c3cccnc23)N1. The third kappa shape index (κ3) is 3.42. The third-order valence-electron chi connectivity index (χ3n) is 3.75. The van der Waals surface area contributed by atoms with E-state index in [0.29, 0.717) is 35.9 Å². The molecule has 0 aliphatic carbocycles. The number of ether oxygens (including phenoxy) is 1. The second-order valence-electron chi connectivity index (χ2n) is 5.39. The number of anilines is 1. The van der Waals surface area contributed by atoms with Gasteiger partial charge >= 0.3 is 6.61 Å². The zero-order valence-electron chi connectivity index (χ0n) is 12.6. The highest BCUT2D eigenvalue weighted by Gasteiger charge is 2.25. The lowest BCUT2D eigenvalue weighted by atomic mass is 10.0. The molecule has 1 aromatic heterocycles. The van der Waals surface area contributed by atoms with Crippen LogP contribution in [0.15, 0.2) is 30.5 Å². The summed E-state index contributed by atoms with van der Waals surface area (Å²) >= 11 is 0. The van der Waals surface area contributed by atoms with Crippen LogP contribution in [0.25, 0.3) is 10.9 Å². The molecule has 0 bridgehead atoms. The van der Waals surface area contributed by atoms with E-state index in [2.05, 4.69) is 20.4 Å². The minimum absolute atomic E-state index is 0.0166. The van der Waals surface area contributed by atoms with Gasteiger partial charge in [0.05, 0.1) is 11.2 Å². The molecule has 24 heavy (non-hydrogen) atoms. The molecule has 2 N–H and O–H groups in total. The van der Waals surface area contributed by atoms with Crippen molar-refractivity contribution in [2.45, 2.75) is 31.9 Å². The molecular weight excluding hydrogens is 320 g/mol. The van der Waals surface area contributed by atoms with Gasteiger partial charge in [-0.05, 0) is 37.1 Å². The lowest BCUT2D eigenvalue weighted by molar-refractivity contribution is -0.128. The summed E-state index contributed by atoms with van der Waals surface area (Å²) in [5.41, 5.74) is 0.711. The van der Waals surface area contributed by atoms with E-state index in [4.69, 9.17) is 0 Å². The summed E-state index contributed by atoms with van der Waals surface area (Å²) in [6.45, 7) is -2.95. The van der Waals surface area contributed by atoms with Gasteiger partial charge in [0.15, 0.2) is 0 Å². The molecule has 126 valence electrons. The molecule has 0 unspecified atom stereocenters. The van der Waals surface area contributed by atoms with Gasteiger partial charge in [-0.15, -0.1) is 0 Å². The van der Waals surface area contributed by atoms with Crippen LogP contribution in [-0.2, 0) is 9.59 Å². The predicted molar refractivity (Wildman–Crippen MR) is 82.8 cm³/mol. The van der Waals surface area contributed by atoms with Gasteiger partial charge in [-0.3, -0.25) is 14.6 Å². The predicted octanol–water partition coefficient (Wildman–Crippen LogP) is 2.44. The Bertz CT molecular complexity index is 782. The van der Waals surface area contributed by atoms with Crippen LogP contribution >= 0.6 is 0 Å². The zero-order chi connectivity index (χ0) is 17.1. The molecule has 1 aliphatic heterocycles. The molecule has 0 saturated carbocycles. The quantitative estimate of drug-likeness (QED) is 0.899. The molecule has 0 spiro atoms. The maximum atomic E-state index is 12.5. The topological polar surface area (TPSA) is 80.3 Å². The fourth-order valence-electron chi connectivity index (χ4n) is 2.67. The van der Waals surface area contributed by atoms with Crippen molar-refractivity contribution in [2.24, 2.45) is 0 Å². The van der Waals surface area contributed by atoms with Crippen LogP contribution in [0.3, 0.4) is 0 Å². The van der Waals surface area contributed by atoms with Crippen molar-refractivity contribution in [3.63, 3.8) is 0 Å². The highest BCUT2D eigenvalue weighted by molar-refractivity contribution is 6.04. The summed E-state index contributed by atoms with van der Waals surface area (Å²) < 4.78 is 29.4. The number of carbonyl (C=O) groups excluding carboxylic acids is 2. The van der Waals surface area contributed by atoms with Gasteiger partial charge < -0.3 is 15.4 Å². The number of halogens is 2. The fraction of sp³-hybridized carbons (Fsp3) is 0.312. The fourth-order valence-corrected chi connectivity index (χ4v) is 2.67. The number of nitrogens with one attached hydrogen (secondary N) is 2. The highest BCUT2D eigenvalue weighted by atomic mass is 19.3. The monoisotopic (exact) mass is 335 g/mol. The first-order chi connectivity index (χ1) is 11.5. The molecule has 2 amide bonds. The number of alkyl halides is 2. The zero-order valence-corrected chi connectivity index (χ0v) is 12.6. The van der Waals surface area contributed by atoms with E-state index in [1.807, 2.05) is 0 Å². The van der Waals surface area contributed by atoms with Gasteiger partial charge in [-0.25, -0.2) is 0 Å². The summed E-state index contributed by atoms with van der Waals surface area (Å²) in [6, 6.07) is 5.37. The number of piperidine rings is 1. The number of benzene rings is 1. The average molecular weight is 335 g/mol. The normalized spacial score (nSPS) is 17.6. The largest absolute Gasteiger partial charge is 0.434 e. The molecule has 3 rings (SSSR count). The number of rotatable bonds is 4. The molecule has 2 aromatic rings. The number of nitrogens with zero attached hydrogens (tertiary/aromatic N) is 1. The van der Waals surface area contributed by atoms with Crippen LogP contribution in [0.1, 0.15) is 19.3 Å². The van der Waals surface area contributed by atoms with Crippen molar-refractivity contribution in [3.05, 3.63) is 30.5 Å². The standard InChI is InChI=1S/C16H15F2N3O3/c17-16(18)24-12-7-6-10(14-9(12)3-2-8-19-14)21-15(23)11-4-1-5-13(22)20-11/h2-3,6-8,11,16H,1,4-5H2,(H,20,22)(H,21,23)/t11-/m1/s1. The van der Waals surface area contributed by atoms with Crippen LogP contribution in [0.4, 0.5) is 14.5 Å². The third-order valence-corrected chi connectivity index (χ3v) is 3.75. The Morgan fingerprint density at radius 3 is 2.96 bits per heavy atom. The summed E-state index contributed by atoms with van der Waals surface area (Å²) in [7, 11) is 0. The van der Waals surface area contributed by atoms with Gasteiger partial charge in [0.1, 0.15) is 11.8 Å². The molecular formula is C16H15F2N3O3. The van der Waals surface area contributed by atoms with E-state index in [0.717, 1.165) is 0 Å². The van der Waals surface area contributed by atoms with Crippen molar-refractivity contribution in [1.29, 1.82) is 0 Å². The van der Waals surface area contributed by atoms with Crippen LogP contribution in [0, 0.1) is 0 Å². The Morgan fingerprint density at radius 1 is 1.38 bits per heavy atom. The molecule has 1 aromatic carbocycles. The van der Waals surface area contributed by atoms with Crippen molar-refractivity contribution in [1.82, 2.24) is 10.3 Å². The van der Waals surface area contributed by atoms with E-state index in [1.54, 1.807) is 12.1 Å². The number of fused-ring (bicyclic) bond motifs is 1. The maximum absolute atomic E-state index is 12.5. The van der Waals surface area contributed by atoms with E-state index in [9.17, 15) is 18.4 Å². The Kier molecular flexibility index (Phi) is 4.54. The minimum atomic E-state index is -2.95. The number of carbonyl (C=O) groups is 2. The molecule has 1 saturated heterocycles. The molecule has 1 atom stereocenters. The van der Waals surface area contributed by atoms with Gasteiger partial charge in [0, 0.05) is 18.0 Å². The first-order valence-electron chi connectivity index (χ1n) is 7.47. The van der Waals surface area contributed by atoms with Gasteiger partial charge in [0.25, 0.3) is 0 Å². The van der Waals surface area contributed by atoms with Crippen molar-refractivity contribution in [2.75, 3.05) is 5.32 Å². The number of aromatic nitrogens is 1. The van der Waals surface area contributed by atoms with E-state index in [1.165, 1.54) is 18.3 Å². The van der Waals surface area contributed by atoms with Crippen molar-refractivity contribution in [3.8, 4) is 5.75 Å². The number of pyridine rings is 1. The highest BCUT2D eigenvalue weighted by Crippen LogP contribution is 2.31. The van der Waals surface area contributed by atoms with Gasteiger partial charge in [-0.2, -0.15) is 8.78 Å². The first kappa shape index (κ1) is 16.1. The lowest BCUT2D eigenvalue weighted by Crippen LogP contribution is -2.46. The first-order valence-corrected chi connectivity index (χ1v) is 7.47. The van der Waals surface area contributed by atoms with Crippen molar-refractivity contribution < 1.29 is 23.1 Å². The summed E-state index contributed by atoms with van der Waals surface area (Å²) in [4.78, 5) is 27.8. The van der Waals surface area contributed by atoms with Crippen molar-refractivity contribution >= 4 is 28.4 Å². The molecule has 2 heterocycles. The molecule has 1 aliphatic rings. The van der Waals surface area contributed by atoms with Crippen LogP contribution in [-0.4, -0.2) is 29.5 Å². The lowest BCUT2D eigenvalue weighted by Gasteiger charge is -2.22. The molecule has 1 fully saturated rings. The molecule has 6 nitrogen and oxygen atoms in total. The summed E-state index contributed by atoms with van der Waals surface area (Å²) in [6.07, 6.45) is 3.10. The summed E-state index contributed by atoms with van der Waals surface area (Å²) in [5, 5.41) is 5.69. The number of hydrogen-bond donors (Lipinski definition) is 2. The Hall–Kier alpha value is -2.77. The van der Waals surface area contributed by atoms with E-state index in [-0.39, 0.29) is 17.6 Å². The average Bonchev–Trinajstić information content (AvgIpc) is 2.56. The smallest absolute Gasteiger partial charge is 0.387 e. The van der Waals surface area contributed by atoms with E-state index >= 15 is 0 Å².